The number of hydrogen-bond acceptors (Lipinski definition) is 4. The Balaban J connectivity index is 2.51. The largest absolute Gasteiger partial charge is 0.518 e. The average Bonchev–Trinajstić information content (AvgIpc) is 2.44. The monoisotopic (exact) mass is 260 g/mol. The maximum absolute atomic E-state index is 10.7. The van der Waals surface area contributed by atoms with Crippen LogP contribution in [0, 0.1) is 0 Å². The first kappa shape index (κ1) is 13.5. The molecule has 1 rings (SSSR count). The minimum Gasteiger partial charge on any atom is -0.456 e. The summed E-state index contributed by atoms with van der Waals surface area (Å²) < 4.78 is 15.6. The molecule has 1 aromatic rings. The van der Waals surface area contributed by atoms with E-state index in [2.05, 4.69) is 37.2 Å². The van der Waals surface area contributed by atoms with Crippen molar-refractivity contribution >= 4 is 16.6 Å². The van der Waals surface area contributed by atoms with Crippen LogP contribution in [0.15, 0.2) is 19.9 Å². The van der Waals surface area contributed by atoms with Crippen LogP contribution in [0.25, 0.3) is 0 Å². The van der Waals surface area contributed by atoms with Gasteiger partial charge in [0, 0.05) is 6.42 Å². The van der Waals surface area contributed by atoms with Crippen LogP contribution in [0.1, 0.15) is 5.76 Å². The smallest absolute Gasteiger partial charge is 0.456 e. The van der Waals surface area contributed by atoms with E-state index in [4.69, 9.17) is 8.53 Å². The summed E-state index contributed by atoms with van der Waals surface area (Å²) in [6, 6.07) is 0.944. The number of hydrogen-bond donors (Lipinski definition) is 0. The lowest BCUT2D eigenvalue weighted by molar-refractivity contribution is 0.374. The number of aryl methyl sites for hydroxylation is 1. The summed E-state index contributed by atoms with van der Waals surface area (Å²) in [7, 11) is -3.13. The fourth-order valence-corrected chi connectivity index (χ4v) is 9.57. The molecule has 0 aliphatic rings. The highest BCUT2D eigenvalue weighted by molar-refractivity contribution is 6.84. The van der Waals surface area contributed by atoms with Crippen molar-refractivity contribution in [3.8, 4) is 0 Å². The van der Waals surface area contributed by atoms with Crippen molar-refractivity contribution in [1.29, 1.82) is 0 Å². The highest BCUT2D eigenvalue weighted by Crippen LogP contribution is 2.20. The molecule has 0 aromatic carbocycles. The van der Waals surface area contributed by atoms with Gasteiger partial charge in [0.1, 0.15) is 12.0 Å². The Morgan fingerprint density at radius 3 is 2.31 bits per heavy atom. The number of rotatable bonds is 5. The molecule has 4 nitrogen and oxygen atoms in total. The zero-order valence-corrected chi connectivity index (χ0v) is 12.6. The van der Waals surface area contributed by atoms with Crippen molar-refractivity contribution in [2.24, 2.45) is 0 Å². The summed E-state index contributed by atoms with van der Waals surface area (Å²) in [4.78, 5) is 10.7. The Morgan fingerprint density at radius 1 is 1.25 bits per heavy atom. The second-order valence-electron chi connectivity index (χ2n) is 5.53. The average molecular weight is 260 g/mol. The Labute approximate surface area is 97.9 Å². The van der Waals surface area contributed by atoms with E-state index in [1.54, 1.807) is 0 Å². The molecule has 0 spiro atoms. The van der Waals surface area contributed by atoms with E-state index in [0.717, 1.165) is 12.5 Å². The van der Waals surface area contributed by atoms with Gasteiger partial charge in [-0.1, -0.05) is 0 Å². The van der Waals surface area contributed by atoms with Crippen LogP contribution in [-0.4, -0.2) is 16.6 Å². The highest BCUT2D eigenvalue weighted by atomic mass is 28.4. The molecule has 6 heteroatoms. The molecule has 0 amide bonds. The van der Waals surface area contributed by atoms with E-state index < -0.39 is 22.5 Å². The fourth-order valence-electron chi connectivity index (χ4n) is 1.68. The lowest BCUT2D eigenvalue weighted by atomic mass is 10.4. The quantitative estimate of drug-likeness (QED) is 0.764. The van der Waals surface area contributed by atoms with Crippen molar-refractivity contribution in [2.45, 2.75) is 45.2 Å². The van der Waals surface area contributed by atoms with E-state index in [-0.39, 0.29) is 0 Å². The third-order valence-corrected chi connectivity index (χ3v) is 8.17. The molecule has 1 heterocycles. The van der Waals surface area contributed by atoms with E-state index in [0.29, 0.717) is 5.76 Å². The molecule has 0 aliphatic heterocycles. The highest BCUT2D eigenvalue weighted by Gasteiger charge is 2.29. The molecule has 0 fully saturated rings. The second-order valence-corrected chi connectivity index (χ2v) is 14.6. The molecule has 0 radical (unpaired) electrons. The van der Waals surface area contributed by atoms with Gasteiger partial charge in [-0.3, -0.25) is 0 Å². The first-order chi connectivity index (χ1) is 7.18. The van der Waals surface area contributed by atoms with Gasteiger partial charge >= 0.3 is 5.82 Å². The lowest BCUT2D eigenvalue weighted by Gasteiger charge is -2.31. The van der Waals surface area contributed by atoms with Crippen LogP contribution in [0.3, 0.4) is 0 Å². The summed E-state index contributed by atoms with van der Waals surface area (Å²) in [5.74, 6) is -0.00895. The van der Waals surface area contributed by atoms with Crippen LogP contribution in [0.2, 0.25) is 38.8 Å². The summed E-state index contributed by atoms with van der Waals surface area (Å²) >= 11 is 0. The van der Waals surface area contributed by atoms with Gasteiger partial charge < -0.3 is 12.9 Å². The molecule has 0 aliphatic carbocycles. The maximum Gasteiger partial charge on any atom is 0.518 e. The first-order valence-electron chi connectivity index (χ1n) is 5.46. The predicted octanol–water partition coefficient (Wildman–Crippen LogP) is 2.83. The Hall–Kier alpha value is -0.596. The zero-order chi connectivity index (χ0) is 12.4. The minimum absolute atomic E-state index is 0.616. The van der Waals surface area contributed by atoms with Gasteiger partial charge in [-0.2, -0.15) is 0 Å². The van der Waals surface area contributed by atoms with E-state index in [9.17, 15) is 4.79 Å². The standard InChI is InChI=1S/C10H20O4Si2/c1-15(2,3)14-16(4,5)7-6-9-8-12-10(11)13-9/h8H,6-7H2,1-5H3. The Bertz CT molecular complexity index is 386. The second kappa shape index (κ2) is 4.72. The topological polar surface area (TPSA) is 52.6 Å². The van der Waals surface area contributed by atoms with Crippen LogP contribution in [-0.2, 0) is 10.5 Å². The molecule has 0 unspecified atom stereocenters. The molecule has 1 aromatic heterocycles. The normalized spacial score (nSPS) is 13.1. The molecule has 0 N–H and O–H groups in total. The van der Waals surface area contributed by atoms with Gasteiger partial charge in [0.05, 0.1) is 0 Å². The third kappa shape index (κ3) is 4.95. The Kier molecular flexibility index (Phi) is 3.98. The van der Waals surface area contributed by atoms with Gasteiger partial charge in [0.2, 0.25) is 0 Å². The summed E-state index contributed by atoms with van der Waals surface area (Å²) in [6.07, 6.45) is 2.11. The maximum atomic E-state index is 10.7. The van der Waals surface area contributed by atoms with Gasteiger partial charge in [0.25, 0.3) is 0 Å². The van der Waals surface area contributed by atoms with Crippen molar-refractivity contribution in [2.75, 3.05) is 0 Å². The van der Waals surface area contributed by atoms with Crippen molar-refractivity contribution in [1.82, 2.24) is 0 Å². The summed E-state index contributed by atoms with van der Waals surface area (Å²) in [5.41, 5.74) is 0. The van der Waals surface area contributed by atoms with Gasteiger partial charge in [-0.05, 0) is 38.8 Å². The van der Waals surface area contributed by atoms with Crippen LogP contribution in [0.4, 0.5) is 0 Å². The van der Waals surface area contributed by atoms with Crippen molar-refractivity contribution < 1.29 is 12.9 Å². The van der Waals surface area contributed by atoms with Gasteiger partial charge in [-0.25, -0.2) is 4.79 Å². The first-order valence-corrected chi connectivity index (χ1v) is 12.0. The van der Waals surface area contributed by atoms with Crippen LogP contribution >= 0.6 is 0 Å². The lowest BCUT2D eigenvalue weighted by Crippen LogP contribution is -2.42. The molecule has 0 atom stereocenters. The Morgan fingerprint density at radius 2 is 1.88 bits per heavy atom. The van der Waals surface area contributed by atoms with Crippen molar-refractivity contribution in [3.63, 3.8) is 0 Å². The zero-order valence-electron chi connectivity index (χ0n) is 10.6. The van der Waals surface area contributed by atoms with E-state index in [1.807, 2.05) is 0 Å². The molecular weight excluding hydrogens is 240 g/mol. The van der Waals surface area contributed by atoms with E-state index >= 15 is 0 Å². The van der Waals surface area contributed by atoms with Crippen LogP contribution in [0.5, 0.6) is 0 Å². The molecule has 0 bridgehead atoms. The van der Waals surface area contributed by atoms with Gasteiger partial charge in [-0.15, -0.1) is 0 Å². The third-order valence-electron chi connectivity index (χ3n) is 2.06. The summed E-state index contributed by atoms with van der Waals surface area (Å²) in [5, 5.41) is 0. The SMILES string of the molecule is C[Si](C)(C)O[Si](C)(C)CCc1coc(=O)o1. The fraction of sp³-hybridized carbons (Fsp3) is 0.700. The van der Waals surface area contributed by atoms with Crippen molar-refractivity contribution in [3.05, 3.63) is 22.6 Å². The molecule has 92 valence electrons. The molecule has 0 saturated heterocycles. The molecule has 0 saturated carbocycles. The predicted molar refractivity (Wildman–Crippen MR) is 67.7 cm³/mol. The van der Waals surface area contributed by atoms with E-state index in [1.165, 1.54) is 6.26 Å². The minimum atomic E-state index is -1.65. The molecule has 16 heavy (non-hydrogen) atoms. The molecular formula is C10H20O4Si2. The van der Waals surface area contributed by atoms with Gasteiger partial charge in [0.15, 0.2) is 16.6 Å². The van der Waals surface area contributed by atoms with Crippen LogP contribution < -0.4 is 5.82 Å². The summed E-state index contributed by atoms with van der Waals surface area (Å²) in [6.45, 7) is 11.0.